The van der Waals surface area contributed by atoms with Gasteiger partial charge in [-0.1, -0.05) is 23.3 Å². The third-order valence-corrected chi connectivity index (χ3v) is 1.47. The molecule has 0 N–H and O–H groups in total. The molecule has 0 aromatic carbocycles. The molecular formula is C7H12Mg. The molecule has 8 heavy (non-hydrogen) atoms. The van der Waals surface area contributed by atoms with Gasteiger partial charge in [0.15, 0.2) is 0 Å². The molecule has 0 nitrogen and oxygen atoms in total. The van der Waals surface area contributed by atoms with Gasteiger partial charge in [0, 0.05) is 0 Å². The maximum absolute atomic E-state index is 2.20. The van der Waals surface area contributed by atoms with Crippen LogP contribution in [0.4, 0.5) is 0 Å². The van der Waals surface area contributed by atoms with E-state index in [9.17, 15) is 0 Å². The van der Waals surface area contributed by atoms with Gasteiger partial charge in [-0.3, -0.25) is 0 Å². The van der Waals surface area contributed by atoms with Crippen LogP contribution in [0.15, 0.2) is 23.3 Å². The molecule has 0 atom stereocenters. The van der Waals surface area contributed by atoms with Crippen molar-refractivity contribution >= 4 is 23.1 Å². The molecule has 0 aromatic rings. The summed E-state index contributed by atoms with van der Waals surface area (Å²) in [6.07, 6.45) is 5.55. The Morgan fingerprint density at radius 1 is 1.50 bits per heavy atom. The van der Waals surface area contributed by atoms with E-state index in [2.05, 4.69) is 26.0 Å². The number of allylic oxidation sites excluding steroid dienone is 4. The van der Waals surface area contributed by atoms with E-state index >= 15 is 0 Å². The fourth-order valence-electron chi connectivity index (χ4n) is 0.716. The minimum atomic E-state index is 0. The Bertz CT molecular complexity index is 139. The van der Waals surface area contributed by atoms with Gasteiger partial charge in [-0.2, -0.15) is 0 Å². The van der Waals surface area contributed by atoms with Gasteiger partial charge < -0.3 is 2.85 Å². The molecular weight excluding hydrogens is 108 g/mol. The second-order valence-electron chi connectivity index (χ2n) is 2.07. The molecule has 0 aliphatic heterocycles. The fourth-order valence-corrected chi connectivity index (χ4v) is 0.716. The van der Waals surface area contributed by atoms with Crippen molar-refractivity contribution in [2.45, 2.75) is 20.3 Å². The average molecular weight is 120 g/mol. The van der Waals surface area contributed by atoms with Crippen molar-refractivity contribution in [2.24, 2.45) is 0 Å². The summed E-state index contributed by atoms with van der Waals surface area (Å²) in [6, 6.07) is 0. The van der Waals surface area contributed by atoms with Crippen molar-refractivity contribution in [3.8, 4) is 0 Å². The van der Waals surface area contributed by atoms with E-state index in [1.807, 2.05) is 0 Å². The molecule has 1 aliphatic rings. The van der Waals surface area contributed by atoms with Crippen molar-refractivity contribution in [3.63, 3.8) is 0 Å². The summed E-state index contributed by atoms with van der Waals surface area (Å²) in [5.74, 6) is 0. The fraction of sp³-hybridized carbons (Fsp3) is 0.429. The van der Waals surface area contributed by atoms with Gasteiger partial charge in [-0.25, -0.2) is 0 Å². The Morgan fingerprint density at radius 3 is 2.25 bits per heavy atom. The molecule has 1 rings (SSSR count). The summed E-state index contributed by atoms with van der Waals surface area (Å²) < 4.78 is 0. The Morgan fingerprint density at radius 2 is 2.12 bits per heavy atom. The first-order valence-electron chi connectivity index (χ1n) is 2.63. The summed E-state index contributed by atoms with van der Waals surface area (Å²) in [5, 5.41) is 0. The number of hydrogen-bond donors (Lipinski definition) is 0. The van der Waals surface area contributed by atoms with E-state index in [1.54, 1.807) is 0 Å². The second-order valence-corrected chi connectivity index (χ2v) is 2.07. The first-order valence-corrected chi connectivity index (χ1v) is 2.63. The second kappa shape index (κ2) is 3.31. The summed E-state index contributed by atoms with van der Waals surface area (Å²) in [4.78, 5) is 0. The summed E-state index contributed by atoms with van der Waals surface area (Å²) in [7, 11) is 0. The van der Waals surface area contributed by atoms with E-state index in [0.717, 1.165) is 0 Å². The molecule has 0 aromatic heterocycles. The van der Waals surface area contributed by atoms with E-state index in [-0.39, 0.29) is 25.9 Å². The largest absolute Gasteiger partial charge is 2.00 e. The molecule has 0 spiro atoms. The monoisotopic (exact) mass is 120 g/mol. The van der Waals surface area contributed by atoms with Crippen LogP contribution in [0.1, 0.15) is 23.1 Å². The molecule has 1 heteroatoms. The van der Waals surface area contributed by atoms with Gasteiger partial charge in [-0.05, 0) is 20.3 Å². The maximum atomic E-state index is 2.20. The Balaban J connectivity index is -0.000000163. The zero-order valence-electron chi connectivity index (χ0n) is 7.57. The van der Waals surface area contributed by atoms with Crippen LogP contribution in [0.25, 0.3) is 0 Å². The standard InChI is InChI=1S/C7H10.Mg.2H/c1-6-4-3-5-7(6)2;;;/h3-4H,5H2,1-2H3;;;/q;+2;2*-1. The summed E-state index contributed by atoms with van der Waals surface area (Å²) in [6.45, 7) is 4.33. The quantitative estimate of drug-likeness (QED) is 0.430. The topological polar surface area (TPSA) is 0 Å². The molecule has 0 saturated heterocycles. The molecule has 0 saturated carbocycles. The van der Waals surface area contributed by atoms with Gasteiger partial charge in [-0.15, -0.1) is 0 Å². The number of rotatable bonds is 0. The van der Waals surface area contributed by atoms with Crippen molar-refractivity contribution in [1.29, 1.82) is 0 Å². The SMILES string of the molecule is CC1=C(C)CC=C1.[H-].[H-].[Mg+2]. The third-order valence-electron chi connectivity index (χ3n) is 1.47. The van der Waals surface area contributed by atoms with E-state index < -0.39 is 0 Å². The van der Waals surface area contributed by atoms with E-state index in [0.29, 0.717) is 0 Å². The Kier molecular flexibility index (Phi) is 3.41. The van der Waals surface area contributed by atoms with Crippen LogP contribution in [-0.4, -0.2) is 23.1 Å². The van der Waals surface area contributed by atoms with Crippen LogP contribution >= 0.6 is 0 Å². The zero-order valence-corrected chi connectivity index (χ0v) is 6.98. The van der Waals surface area contributed by atoms with Gasteiger partial charge in [0.05, 0.1) is 0 Å². The van der Waals surface area contributed by atoms with Gasteiger partial charge in [0.2, 0.25) is 0 Å². The van der Waals surface area contributed by atoms with Crippen molar-refractivity contribution in [3.05, 3.63) is 23.3 Å². The maximum Gasteiger partial charge on any atom is 2.00 e. The van der Waals surface area contributed by atoms with Gasteiger partial charge in [0.1, 0.15) is 0 Å². The molecule has 1 aliphatic carbocycles. The Hall–Kier alpha value is 0.246. The van der Waals surface area contributed by atoms with E-state index in [4.69, 9.17) is 0 Å². The van der Waals surface area contributed by atoms with Crippen LogP contribution in [0.3, 0.4) is 0 Å². The first-order chi connectivity index (χ1) is 3.30. The molecule has 0 amide bonds. The van der Waals surface area contributed by atoms with Gasteiger partial charge >= 0.3 is 23.1 Å². The predicted molar refractivity (Wildman–Crippen MR) is 40.1 cm³/mol. The zero-order chi connectivity index (χ0) is 5.28. The van der Waals surface area contributed by atoms with Crippen LogP contribution in [-0.2, 0) is 0 Å². The Labute approximate surface area is 69.8 Å². The summed E-state index contributed by atoms with van der Waals surface area (Å²) in [5.41, 5.74) is 2.96. The van der Waals surface area contributed by atoms with Crippen LogP contribution in [0.5, 0.6) is 0 Å². The van der Waals surface area contributed by atoms with Crippen molar-refractivity contribution in [2.75, 3.05) is 0 Å². The molecule has 0 fully saturated rings. The molecule has 0 bridgehead atoms. The number of hydrogen-bond acceptors (Lipinski definition) is 0. The van der Waals surface area contributed by atoms with Gasteiger partial charge in [0.25, 0.3) is 0 Å². The smallest absolute Gasteiger partial charge is 1.00 e. The van der Waals surface area contributed by atoms with E-state index in [1.165, 1.54) is 17.6 Å². The average Bonchev–Trinajstić information content (AvgIpc) is 1.91. The molecule has 0 unspecified atom stereocenters. The van der Waals surface area contributed by atoms with Crippen LogP contribution in [0.2, 0.25) is 0 Å². The van der Waals surface area contributed by atoms with Crippen LogP contribution in [0, 0.1) is 0 Å². The molecule has 0 heterocycles. The normalized spacial score (nSPS) is 16.8. The first kappa shape index (κ1) is 8.25. The third kappa shape index (κ3) is 1.64. The minimum Gasteiger partial charge on any atom is -1.00 e. The van der Waals surface area contributed by atoms with Crippen molar-refractivity contribution < 1.29 is 2.85 Å². The minimum absolute atomic E-state index is 0. The predicted octanol–water partition coefficient (Wildman–Crippen LogP) is 2.13. The molecule has 0 radical (unpaired) electrons. The summed E-state index contributed by atoms with van der Waals surface area (Å²) >= 11 is 0. The van der Waals surface area contributed by atoms with Crippen molar-refractivity contribution in [1.82, 2.24) is 0 Å². The van der Waals surface area contributed by atoms with Crippen LogP contribution < -0.4 is 0 Å². The molecule has 42 valence electrons.